The zero-order valence-electron chi connectivity index (χ0n) is 10.4. The zero-order chi connectivity index (χ0) is 12.4. The molecule has 0 radical (unpaired) electrons. The van der Waals surface area contributed by atoms with E-state index in [4.69, 9.17) is 0 Å². The molecule has 2 aliphatic rings. The van der Waals surface area contributed by atoms with E-state index in [9.17, 15) is 5.26 Å². The number of rotatable bonds is 3. The van der Waals surface area contributed by atoms with Crippen molar-refractivity contribution in [1.82, 2.24) is 4.98 Å². The zero-order valence-corrected chi connectivity index (χ0v) is 11.2. The lowest BCUT2D eigenvalue weighted by Crippen LogP contribution is -2.15. The molecule has 3 nitrogen and oxygen atoms in total. The Balaban J connectivity index is 1.76. The van der Waals surface area contributed by atoms with E-state index in [1.54, 1.807) is 0 Å². The molecule has 18 heavy (non-hydrogen) atoms. The van der Waals surface area contributed by atoms with E-state index < -0.39 is 0 Å². The van der Waals surface area contributed by atoms with Gasteiger partial charge in [0, 0.05) is 12.2 Å². The number of pyridine rings is 1. The minimum absolute atomic E-state index is 0.710. The van der Waals surface area contributed by atoms with Crippen LogP contribution in [-0.4, -0.2) is 23.0 Å². The smallest absolute Gasteiger partial charge is 0.144 e. The highest BCUT2D eigenvalue weighted by atomic mass is 32.2. The number of nitrogens with zero attached hydrogens (tertiary/aromatic N) is 2. The third-order valence-electron chi connectivity index (χ3n) is 3.75. The van der Waals surface area contributed by atoms with Crippen molar-refractivity contribution >= 4 is 17.6 Å². The third kappa shape index (κ3) is 2.32. The molecule has 2 heterocycles. The molecule has 0 amide bonds. The number of aromatic nitrogens is 1. The van der Waals surface area contributed by atoms with Crippen LogP contribution in [0.4, 0.5) is 5.82 Å². The molecule has 1 aliphatic heterocycles. The van der Waals surface area contributed by atoms with E-state index in [-0.39, 0.29) is 0 Å². The van der Waals surface area contributed by atoms with E-state index in [0.29, 0.717) is 5.56 Å². The van der Waals surface area contributed by atoms with E-state index in [2.05, 4.69) is 16.4 Å². The van der Waals surface area contributed by atoms with Gasteiger partial charge in [0.05, 0.1) is 5.56 Å². The quantitative estimate of drug-likeness (QED) is 0.906. The number of fused-ring (bicyclic) bond motifs is 1. The van der Waals surface area contributed by atoms with E-state index in [0.717, 1.165) is 31.1 Å². The summed E-state index contributed by atoms with van der Waals surface area (Å²) in [6.45, 7) is 0.952. The third-order valence-corrected chi connectivity index (χ3v) is 4.98. The Morgan fingerprint density at radius 1 is 1.50 bits per heavy atom. The highest BCUT2D eigenvalue weighted by Gasteiger charge is 2.18. The normalized spacial score (nSPS) is 21.6. The van der Waals surface area contributed by atoms with Crippen LogP contribution in [-0.2, 0) is 12.8 Å². The van der Waals surface area contributed by atoms with Crippen molar-refractivity contribution < 1.29 is 0 Å². The van der Waals surface area contributed by atoms with Gasteiger partial charge in [-0.1, -0.05) is 0 Å². The van der Waals surface area contributed by atoms with Crippen molar-refractivity contribution in [2.45, 2.75) is 25.7 Å². The molecule has 1 atom stereocenters. The lowest BCUT2D eigenvalue weighted by molar-refractivity contribution is 0.630. The summed E-state index contributed by atoms with van der Waals surface area (Å²) >= 11 is 2.02. The second-order valence-corrected chi connectivity index (χ2v) is 6.22. The summed E-state index contributed by atoms with van der Waals surface area (Å²) in [6.07, 6.45) is 4.60. The van der Waals surface area contributed by atoms with Gasteiger partial charge in [-0.05, 0) is 54.7 Å². The number of anilines is 1. The maximum Gasteiger partial charge on any atom is 0.144 e. The van der Waals surface area contributed by atoms with Gasteiger partial charge in [0.25, 0.3) is 0 Å². The van der Waals surface area contributed by atoms with Crippen molar-refractivity contribution in [2.75, 3.05) is 23.4 Å². The first kappa shape index (κ1) is 11.9. The molecule has 0 bridgehead atoms. The lowest BCUT2D eigenvalue weighted by Gasteiger charge is -2.13. The Morgan fingerprint density at radius 2 is 2.44 bits per heavy atom. The van der Waals surface area contributed by atoms with Gasteiger partial charge >= 0.3 is 0 Å². The van der Waals surface area contributed by atoms with Crippen LogP contribution in [0.1, 0.15) is 29.7 Å². The van der Waals surface area contributed by atoms with Crippen LogP contribution in [0.5, 0.6) is 0 Å². The van der Waals surface area contributed by atoms with Crippen LogP contribution < -0.4 is 5.32 Å². The van der Waals surface area contributed by atoms with Crippen LogP contribution in [0, 0.1) is 17.2 Å². The van der Waals surface area contributed by atoms with Gasteiger partial charge < -0.3 is 5.32 Å². The Labute approximate surface area is 112 Å². The molecule has 4 heteroatoms. The highest BCUT2D eigenvalue weighted by Crippen LogP contribution is 2.27. The monoisotopic (exact) mass is 259 g/mol. The molecular weight excluding hydrogens is 242 g/mol. The molecule has 1 aromatic heterocycles. The van der Waals surface area contributed by atoms with Crippen molar-refractivity contribution in [3.8, 4) is 6.07 Å². The summed E-state index contributed by atoms with van der Waals surface area (Å²) in [5.41, 5.74) is 3.17. The van der Waals surface area contributed by atoms with E-state index >= 15 is 0 Å². The number of thioether (sulfide) groups is 1. The molecular formula is C14H17N3S. The Bertz CT molecular complexity index is 487. The van der Waals surface area contributed by atoms with Gasteiger partial charge in [0.2, 0.25) is 0 Å². The number of hydrogen-bond acceptors (Lipinski definition) is 4. The predicted molar refractivity (Wildman–Crippen MR) is 74.9 cm³/mol. The van der Waals surface area contributed by atoms with Crippen molar-refractivity contribution in [3.05, 3.63) is 22.9 Å². The molecule has 0 spiro atoms. The lowest BCUT2D eigenvalue weighted by atomic mass is 10.1. The maximum atomic E-state index is 9.21. The van der Waals surface area contributed by atoms with Gasteiger partial charge in [-0.2, -0.15) is 17.0 Å². The first-order chi connectivity index (χ1) is 8.86. The molecule has 1 saturated heterocycles. The molecule has 1 unspecified atom stereocenters. The maximum absolute atomic E-state index is 9.21. The molecule has 1 aliphatic carbocycles. The van der Waals surface area contributed by atoms with Crippen LogP contribution in [0.25, 0.3) is 0 Å². The topological polar surface area (TPSA) is 48.7 Å². The van der Waals surface area contributed by atoms with Gasteiger partial charge in [0.1, 0.15) is 11.9 Å². The van der Waals surface area contributed by atoms with Crippen LogP contribution in [0.15, 0.2) is 6.07 Å². The first-order valence-electron chi connectivity index (χ1n) is 6.61. The first-order valence-corrected chi connectivity index (χ1v) is 7.77. The average Bonchev–Trinajstić information content (AvgIpc) is 3.05. The van der Waals surface area contributed by atoms with Gasteiger partial charge in [-0.15, -0.1) is 0 Å². The van der Waals surface area contributed by atoms with Crippen molar-refractivity contribution in [1.29, 1.82) is 5.26 Å². The highest BCUT2D eigenvalue weighted by molar-refractivity contribution is 7.99. The molecule has 0 saturated carbocycles. The van der Waals surface area contributed by atoms with E-state index in [1.807, 2.05) is 17.8 Å². The molecule has 1 aromatic rings. The molecule has 3 rings (SSSR count). The van der Waals surface area contributed by atoms with Gasteiger partial charge in [0.15, 0.2) is 0 Å². The Hall–Kier alpha value is -1.21. The standard InChI is InChI=1S/C14H17N3S/c15-7-12-6-11-2-1-3-13(11)17-14(12)16-8-10-4-5-18-9-10/h6,10H,1-5,8-9H2,(H,16,17). The summed E-state index contributed by atoms with van der Waals surface area (Å²) in [5.74, 6) is 4.04. The number of nitrogens with one attached hydrogen (secondary N) is 1. The van der Waals surface area contributed by atoms with E-state index in [1.165, 1.54) is 35.6 Å². The summed E-state index contributed by atoms with van der Waals surface area (Å²) in [6, 6.07) is 4.30. The second kappa shape index (κ2) is 5.19. The minimum atomic E-state index is 0.710. The summed E-state index contributed by atoms with van der Waals surface area (Å²) in [5, 5.41) is 12.6. The van der Waals surface area contributed by atoms with Crippen molar-refractivity contribution in [3.63, 3.8) is 0 Å². The predicted octanol–water partition coefficient (Wildman–Crippen LogP) is 2.61. The Morgan fingerprint density at radius 3 is 3.22 bits per heavy atom. The van der Waals surface area contributed by atoms with Crippen LogP contribution in [0.2, 0.25) is 0 Å². The number of aryl methyl sites for hydroxylation is 2. The molecule has 0 aromatic carbocycles. The summed E-state index contributed by atoms with van der Waals surface area (Å²) < 4.78 is 0. The summed E-state index contributed by atoms with van der Waals surface area (Å²) in [7, 11) is 0. The second-order valence-electron chi connectivity index (χ2n) is 5.07. The number of nitriles is 1. The minimum Gasteiger partial charge on any atom is -0.369 e. The fraction of sp³-hybridized carbons (Fsp3) is 0.571. The average molecular weight is 259 g/mol. The van der Waals surface area contributed by atoms with Crippen LogP contribution in [0.3, 0.4) is 0 Å². The Kier molecular flexibility index (Phi) is 3.42. The number of hydrogen-bond donors (Lipinski definition) is 1. The van der Waals surface area contributed by atoms with Gasteiger partial charge in [-0.25, -0.2) is 4.98 Å². The molecule has 94 valence electrons. The van der Waals surface area contributed by atoms with Crippen molar-refractivity contribution in [2.24, 2.45) is 5.92 Å². The summed E-state index contributed by atoms with van der Waals surface area (Å²) in [4.78, 5) is 4.64. The molecule has 1 N–H and O–H groups in total. The van der Waals surface area contributed by atoms with Crippen LogP contribution >= 0.6 is 11.8 Å². The SMILES string of the molecule is N#Cc1cc2c(nc1NCC1CCSC1)CCC2. The molecule has 1 fully saturated rings. The van der Waals surface area contributed by atoms with Gasteiger partial charge in [-0.3, -0.25) is 0 Å². The fourth-order valence-corrected chi connectivity index (χ4v) is 3.96. The fourth-order valence-electron chi connectivity index (χ4n) is 2.68. The largest absolute Gasteiger partial charge is 0.369 e.